The summed E-state index contributed by atoms with van der Waals surface area (Å²) >= 11 is -2.01. The van der Waals surface area contributed by atoms with E-state index in [2.05, 4.69) is 102 Å². The molecule has 0 fully saturated rings. The van der Waals surface area contributed by atoms with E-state index in [0.29, 0.717) is 0 Å². The Kier molecular flexibility index (Phi) is 3.50. The monoisotopic (exact) mass is 453 g/mol. The van der Waals surface area contributed by atoms with E-state index in [1.165, 1.54) is 60.1 Å². The van der Waals surface area contributed by atoms with E-state index in [1.54, 1.807) is 4.40 Å². The van der Waals surface area contributed by atoms with Gasteiger partial charge in [-0.1, -0.05) is 0 Å². The predicted octanol–water partition coefficient (Wildman–Crippen LogP) is 5.98. The predicted molar refractivity (Wildman–Crippen MR) is 132 cm³/mol. The number of hydrogen-bond donors (Lipinski definition) is 0. The van der Waals surface area contributed by atoms with Crippen LogP contribution in [0.3, 0.4) is 0 Å². The van der Waals surface area contributed by atoms with Gasteiger partial charge in [0.15, 0.2) is 0 Å². The molecule has 0 aliphatic carbocycles. The van der Waals surface area contributed by atoms with Gasteiger partial charge in [-0.05, 0) is 0 Å². The average molecular weight is 452 g/mol. The Morgan fingerprint density at radius 1 is 0.800 bits per heavy atom. The summed E-state index contributed by atoms with van der Waals surface area (Å²) in [5, 5.41) is 6.90. The van der Waals surface area contributed by atoms with Gasteiger partial charge in [0.1, 0.15) is 0 Å². The Bertz CT molecular complexity index is 1650. The molecule has 0 saturated heterocycles. The molecule has 0 spiro atoms. The number of fused-ring (bicyclic) bond motifs is 5. The van der Waals surface area contributed by atoms with E-state index < -0.39 is 13.3 Å². The van der Waals surface area contributed by atoms with Crippen LogP contribution in [0, 0.1) is 13.8 Å². The summed E-state index contributed by atoms with van der Waals surface area (Å²) in [5.74, 6) is 7.48. The number of benzene rings is 3. The van der Waals surface area contributed by atoms with Crippen LogP contribution in [0.2, 0.25) is 17.3 Å². The SMILES string of the molecule is Cc1cc(C)c2c3c1c1ccccc1n3c1c[c]([Ge]([CH3])([CH3])[CH3])cc3cc[n+](C)c2c31. The van der Waals surface area contributed by atoms with Crippen LogP contribution >= 0.6 is 0 Å². The van der Waals surface area contributed by atoms with E-state index in [9.17, 15) is 0 Å². The number of aryl methyl sites for hydroxylation is 3. The van der Waals surface area contributed by atoms with Crippen molar-refractivity contribution < 1.29 is 4.57 Å². The molecule has 0 radical (unpaired) electrons. The van der Waals surface area contributed by atoms with Crippen molar-refractivity contribution in [2.24, 2.45) is 7.05 Å². The fourth-order valence-electron chi connectivity index (χ4n) is 5.47. The van der Waals surface area contributed by atoms with Gasteiger partial charge in [0.2, 0.25) is 0 Å². The maximum atomic E-state index is 2.56. The van der Waals surface area contributed by atoms with Gasteiger partial charge in [0.25, 0.3) is 0 Å². The van der Waals surface area contributed by atoms with Gasteiger partial charge in [-0.3, -0.25) is 0 Å². The molecule has 0 saturated carbocycles. The van der Waals surface area contributed by atoms with E-state index >= 15 is 0 Å². The summed E-state index contributed by atoms with van der Waals surface area (Å²) in [7, 11) is 2.19. The first-order chi connectivity index (χ1) is 14.3. The molecule has 0 aliphatic rings. The first kappa shape index (κ1) is 18.2. The van der Waals surface area contributed by atoms with Crippen molar-refractivity contribution >= 4 is 66.7 Å². The van der Waals surface area contributed by atoms with Gasteiger partial charge in [0, 0.05) is 0 Å². The van der Waals surface area contributed by atoms with Crippen LogP contribution in [-0.4, -0.2) is 17.7 Å². The van der Waals surface area contributed by atoms with Crippen LogP contribution in [0.25, 0.3) is 49.0 Å². The second-order valence-electron chi connectivity index (χ2n) is 9.95. The Hall–Kier alpha value is -2.59. The van der Waals surface area contributed by atoms with Crippen molar-refractivity contribution in [2.45, 2.75) is 31.1 Å². The van der Waals surface area contributed by atoms with E-state index in [-0.39, 0.29) is 0 Å². The molecule has 3 heteroatoms. The number of nitrogens with zero attached hydrogens (tertiary/aromatic N) is 2. The zero-order valence-corrected chi connectivity index (χ0v) is 20.7. The molecular weight excluding hydrogens is 425 g/mol. The summed E-state index contributed by atoms with van der Waals surface area (Å²) in [6.07, 6.45) is 2.24. The number of hydrogen-bond acceptors (Lipinski definition) is 0. The zero-order valence-electron chi connectivity index (χ0n) is 18.6. The maximum absolute atomic E-state index is 2.56. The van der Waals surface area contributed by atoms with E-state index in [0.717, 1.165) is 0 Å². The number of para-hydroxylation sites is 1. The first-order valence-electron chi connectivity index (χ1n) is 10.8. The van der Waals surface area contributed by atoms with Gasteiger partial charge >= 0.3 is 180 Å². The number of pyridine rings is 2. The first-order valence-corrected chi connectivity index (χ1v) is 18.1. The molecule has 0 bridgehead atoms. The second-order valence-corrected chi connectivity index (χ2v) is 20.6. The fourth-order valence-corrected chi connectivity index (χ4v) is 7.90. The van der Waals surface area contributed by atoms with Gasteiger partial charge < -0.3 is 0 Å². The Morgan fingerprint density at radius 3 is 2.30 bits per heavy atom. The van der Waals surface area contributed by atoms with Gasteiger partial charge in [-0.15, -0.1) is 0 Å². The quantitative estimate of drug-likeness (QED) is 0.126. The third-order valence-corrected chi connectivity index (χ3v) is 11.1. The topological polar surface area (TPSA) is 8.29 Å². The molecule has 6 aromatic rings. The summed E-state index contributed by atoms with van der Waals surface area (Å²) in [6.45, 7) is 4.53. The molecule has 3 aromatic heterocycles. The third kappa shape index (κ3) is 2.18. The molecule has 0 aliphatic heterocycles. The zero-order chi connectivity index (χ0) is 20.9. The third-order valence-electron chi connectivity index (χ3n) is 6.89. The molecule has 0 unspecified atom stereocenters. The normalized spacial score (nSPS) is 13.0. The summed E-state index contributed by atoms with van der Waals surface area (Å²) < 4.78 is 6.45. The standard InChI is InChI=1S/C27H27GeN2/c1-16-13-17(2)24-26-25-18(11-12-29(26)6)14-19(28(3,4)5)15-22(25)30-21-10-8-7-9-20(21)23(16)27(24)30/h7-15H,1-6H3/q+1. The number of rotatable bonds is 1. The van der Waals surface area contributed by atoms with Gasteiger partial charge in [0.05, 0.1) is 0 Å². The molecule has 0 atom stereocenters. The summed E-state index contributed by atoms with van der Waals surface area (Å²) in [4.78, 5) is 0. The minimum atomic E-state index is -2.01. The van der Waals surface area contributed by atoms with Crippen molar-refractivity contribution in [3.63, 3.8) is 0 Å². The van der Waals surface area contributed by atoms with Crippen molar-refractivity contribution in [2.75, 3.05) is 0 Å². The fraction of sp³-hybridized carbons (Fsp3) is 0.222. The molecule has 3 aromatic carbocycles. The molecule has 3 heterocycles. The van der Waals surface area contributed by atoms with Crippen LogP contribution in [0.15, 0.2) is 54.7 Å². The molecule has 0 N–H and O–H groups in total. The van der Waals surface area contributed by atoms with Crippen LogP contribution in [0.4, 0.5) is 0 Å². The van der Waals surface area contributed by atoms with Crippen LogP contribution in [0.5, 0.6) is 0 Å². The molecule has 30 heavy (non-hydrogen) atoms. The molecule has 2 nitrogen and oxygen atoms in total. The summed E-state index contributed by atoms with van der Waals surface area (Å²) in [5.41, 5.74) is 8.13. The van der Waals surface area contributed by atoms with Gasteiger partial charge in [-0.2, -0.15) is 0 Å². The Morgan fingerprint density at radius 2 is 1.53 bits per heavy atom. The molecule has 148 valence electrons. The Balaban J connectivity index is 2.09. The van der Waals surface area contributed by atoms with Crippen molar-refractivity contribution in [1.29, 1.82) is 0 Å². The van der Waals surface area contributed by atoms with Gasteiger partial charge in [-0.25, -0.2) is 0 Å². The molecular formula is C27H27GeN2+. The average Bonchev–Trinajstić information content (AvgIpc) is 3.04. The van der Waals surface area contributed by atoms with Crippen LogP contribution < -0.4 is 8.96 Å². The van der Waals surface area contributed by atoms with E-state index in [4.69, 9.17) is 0 Å². The minimum absolute atomic E-state index is 1.32. The van der Waals surface area contributed by atoms with Crippen molar-refractivity contribution in [3.8, 4) is 0 Å². The van der Waals surface area contributed by atoms with Crippen LogP contribution in [0.1, 0.15) is 11.1 Å². The van der Waals surface area contributed by atoms with Crippen molar-refractivity contribution in [3.05, 3.63) is 65.9 Å². The van der Waals surface area contributed by atoms with E-state index in [1.807, 2.05) is 0 Å². The number of aromatic nitrogens is 2. The summed E-state index contributed by atoms with van der Waals surface area (Å²) in [6, 6.07) is 18.6. The second kappa shape index (κ2) is 5.76. The van der Waals surface area contributed by atoms with Crippen molar-refractivity contribution in [1.82, 2.24) is 4.40 Å². The van der Waals surface area contributed by atoms with Crippen LogP contribution in [-0.2, 0) is 7.05 Å². The molecule has 0 amide bonds. The molecule has 6 rings (SSSR count). The Labute approximate surface area is 179 Å².